The van der Waals surface area contributed by atoms with Crippen LogP contribution in [-0.4, -0.2) is 13.4 Å². The monoisotopic (exact) mass is 252 g/mol. The van der Waals surface area contributed by atoms with Crippen LogP contribution in [0.1, 0.15) is 0 Å². The summed E-state index contributed by atoms with van der Waals surface area (Å²) in [6, 6.07) is -2.58. The van der Waals surface area contributed by atoms with Crippen molar-refractivity contribution in [1.82, 2.24) is 0 Å². The van der Waals surface area contributed by atoms with Crippen molar-refractivity contribution >= 4 is 57.7 Å². The molecule has 0 aliphatic heterocycles. The van der Waals surface area contributed by atoms with Crippen molar-refractivity contribution in [1.29, 1.82) is 0 Å². The van der Waals surface area contributed by atoms with Gasteiger partial charge in [-0.2, -0.15) is 11.1 Å². The molecule has 60 valence electrons. The molecule has 0 aromatic rings. The first-order valence-electron chi connectivity index (χ1n) is 2.67. The van der Waals surface area contributed by atoms with Crippen molar-refractivity contribution < 1.29 is 0 Å². The molecule has 0 spiro atoms. The van der Waals surface area contributed by atoms with Crippen molar-refractivity contribution in [3.8, 4) is 0 Å². The summed E-state index contributed by atoms with van der Waals surface area (Å²) in [7, 11) is -1.69. The van der Waals surface area contributed by atoms with Gasteiger partial charge in [-0.1, -0.05) is 24.5 Å². The van der Waals surface area contributed by atoms with Gasteiger partial charge in [-0.3, -0.25) is 0 Å². The molecule has 6 heteroatoms. The molecular formula is C4H8Cl4Si2. The van der Waals surface area contributed by atoms with E-state index in [1.165, 1.54) is 0 Å². The van der Waals surface area contributed by atoms with E-state index in [2.05, 4.69) is 0 Å². The van der Waals surface area contributed by atoms with Gasteiger partial charge in [0.1, 0.15) is 0 Å². The van der Waals surface area contributed by atoms with Crippen molar-refractivity contribution in [3.63, 3.8) is 0 Å². The van der Waals surface area contributed by atoms with Crippen molar-refractivity contribution in [2.45, 2.75) is 13.1 Å². The smallest absolute Gasteiger partial charge is 0.162 e. The molecule has 0 saturated heterocycles. The van der Waals surface area contributed by atoms with E-state index in [-0.39, 0.29) is 0 Å². The van der Waals surface area contributed by atoms with Gasteiger partial charge in [-0.25, -0.2) is 0 Å². The molecule has 0 aliphatic carbocycles. The summed E-state index contributed by atoms with van der Waals surface area (Å²) < 4.78 is 0. The average Bonchev–Trinajstić information content (AvgIpc) is 1.57. The van der Waals surface area contributed by atoms with E-state index < -0.39 is 13.4 Å². The lowest BCUT2D eigenvalue weighted by Gasteiger charge is -2.06. The predicted molar refractivity (Wildman–Crippen MR) is 55.8 cm³/mol. The van der Waals surface area contributed by atoms with Gasteiger partial charge in [0, 0.05) is 0 Å². The van der Waals surface area contributed by atoms with Crippen LogP contribution in [-0.2, 0) is 0 Å². The molecule has 0 saturated carbocycles. The fourth-order valence-electron chi connectivity index (χ4n) is 0.293. The zero-order valence-electron chi connectivity index (χ0n) is 5.67. The van der Waals surface area contributed by atoms with Gasteiger partial charge >= 0.3 is 6.00 Å². The summed E-state index contributed by atoms with van der Waals surface area (Å²) in [5.74, 6) is 0. The Labute approximate surface area is 81.9 Å². The number of rotatable bonds is 2. The normalized spacial score (nSPS) is 14.6. The molecule has 0 nitrogen and oxygen atoms in total. The van der Waals surface area contributed by atoms with Gasteiger partial charge in [-0.05, 0) is 0 Å². The lowest BCUT2D eigenvalue weighted by molar-refractivity contribution is 1.95. The third-order valence-electron chi connectivity index (χ3n) is 0.669. The number of hydrogen-bond acceptors (Lipinski definition) is 0. The second-order valence-corrected chi connectivity index (χ2v) is 17.3. The molecule has 0 atom stereocenters. The molecule has 0 aliphatic rings. The first-order valence-corrected chi connectivity index (χ1v) is 11.9. The Morgan fingerprint density at radius 2 is 1.30 bits per heavy atom. The van der Waals surface area contributed by atoms with Gasteiger partial charge in [0.2, 0.25) is 0 Å². The molecule has 0 N–H and O–H groups in total. The van der Waals surface area contributed by atoms with Crippen LogP contribution in [0.3, 0.4) is 0 Å². The second-order valence-electron chi connectivity index (χ2n) is 2.44. The van der Waals surface area contributed by atoms with E-state index in [1.54, 1.807) is 5.70 Å². The number of hydrogen-bond donors (Lipinski definition) is 0. The first kappa shape index (κ1) is 11.3. The van der Waals surface area contributed by atoms with Gasteiger partial charge in [-0.15, -0.1) is 33.2 Å². The Hall–Kier alpha value is 1.33. The van der Waals surface area contributed by atoms with Crippen LogP contribution >= 0.6 is 44.3 Å². The molecular weight excluding hydrogens is 246 g/mol. The minimum Gasteiger partial charge on any atom is -0.162 e. The van der Waals surface area contributed by atoms with Crippen LogP contribution in [0, 0.1) is 0 Å². The quantitative estimate of drug-likeness (QED) is 0.520. The largest absolute Gasteiger partial charge is 0.365 e. The molecule has 0 radical (unpaired) electrons. The highest BCUT2D eigenvalue weighted by Gasteiger charge is 2.22. The van der Waals surface area contributed by atoms with Crippen LogP contribution in [0.2, 0.25) is 13.1 Å². The van der Waals surface area contributed by atoms with E-state index in [1.807, 2.05) is 18.8 Å². The minimum atomic E-state index is -2.58. The second kappa shape index (κ2) is 3.83. The Balaban J connectivity index is 4.01. The van der Waals surface area contributed by atoms with Crippen LogP contribution in [0.5, 0.6) is 0 Å². The summed E-state index contributed by atoms with van der Waals surface area (Å²) in [6.07, 6.45) is 0. The van der Waals surface area contributed by atoms with E-state index in [0.717, 1.165) is 0 Å². The maximum atomic E-state index is 5.94. The summed E-state index contributed by atoms with van der Waals surface area (Å²) in [5, 5.41) is 0. The molecule has 0 rings (SSSR count). The zero-order valence-corrected chi connectivity index (χ0v) is 10.7. The highest BCUT2D eigenvalue weighted by Crippen LogP contribution is 2.22. The Morgan fingerprint density at radius 3 is 1.40 bits per heavy atom. The standard InChI is InChI=1S/C4H8Cl4Si2/c1-9(2,5)3-4-10(6,7)8/h3-4H,1-2H3/b4-3+. The lowest BCUT2D eigenvalue weighted by Crippen LogP contribution is -2.15. The van der Waals surface area contributed by atoms with E-state index in [9.17, 15) is 0 Å². The van der Waals surface area contributed by atoms with Gasteiger partial charge in [0.25, 0.3) is 0 Å². The van der Waals surface area contributed by atoms with Crippen LogP contribution in [0.15, 0.2) is 11.4 Å². The maximum Gasteiger partial charge on any atom is 0.365 e. The fourth-order valence-corrected chi connectivity index (χ4v) is 4.90. The van der Waals surface area contributed by atoms with Gasteiger partial charge in [0.15, 0.2) is 7.38 Å². The van der Waals surface area contributed by atoms with Crippen molar-refractivity contribution in [2.24, 2.45) is 0 Å². The topological polar surface area (TPSA) is 0 Å². The van der Waals surface area contributed by atoms with E-state index >= 15 is 0 Å². The van der Waals surface area contributed by atoms with Gasteiger partial charge in [0.05, 0.1) is 0 Å². The summed E-state index contributed by atoms with van der Waals surface area (Å²) >= 11 is 22.7. The van der Waals surface area contributed by atoms with Crippen molar-refractivity contribution in [2.75, 3.05) is 0 Å². The summed E-state index contributed by atoms with van der Waals surface area (Å²) in [4.78, 5) is 0. The van der Waals surface area contributed by atoms with Crippen molar-refractivity contribution in [3.05, 3.63) is 11.4 Å². The SMILES string of the molecule is C[Si](C)(Cl)/C=C/[Si](Cl)(Cl)Cl. The third-order valence-corrected chi connectivity index (χ3v) is 4.02. The molecule has 0 aromatic heterocycles. The third kappa shape index (κ3) is 9.33. The summed E-state index contributed by atoms with van der Waals surface area (Å²) in [6.45, 7) is 3.94. The predicted octanol–water partition coefficient (Wildman–Crippen LogP) is 3.72. The highest BCUT2D eigenvalue weighted by atomic mass is 35.8. The summed E-state index contributed by atoms with van der Waals surface area (Å²) in [5.41, 5.74) is 3.48. The Kier molecular flexibility index (Phi) is 4.34. The molecule has 0 fully saturated rings. The highest BCUT2D eigenvalue weighted by molar-refractivity contribution is 7.66. The van der Waals surface area contributed by atoms with Gasteiger partial charge < -0.3 is 0 Å². The van der Waals surface area contributed by atoms with Crippen LogP contribution in [0.4, 0.5) is 0 Å². The first-order chi connectivity index (χ1) is 4.21. The molecule has 0 bridgehead atoms. The van der Waals surface area contributed by atoms with Crippen LogP contribution in [0.25, 0.3) is 0 Å². The Morgan fingerprint density at radius 1 is 0.900 bits per heavy atom. The Bertz CT molecular complexity index is 115. The van der Waals surface area contributed by atoms with E-state index in [4.69, 9.17) is 44.3 Å². The van der Waals surface area contributed by atoms with E-state index in [0.29, 0.717) is 0 Å². The average molecular weight is 254 g/mol. The zero-order chi connectivity index (χ0) is 8.41. The van der Waals surface area contributed by atoms with Crippen LogP contribution < -0.4 is 0 Å². The molecule has 0 amide bonds. The lowest BCUT2D eigenvalue weighted by atomic mass is 11.2. The maximum absolute atomic E-state index is 5.94. The fraction of sp³-hybridized carbons (Fsp3) is 0.500. The number of halogens is 4. The minimum absolute atomic E-state index is 1.64. The molecule has 0 heterocycles. The molecule has 0 aromatic carbocycles. The molecule has 10 heavy (non-hydrogen) atoms. The molecule has 0 unspecified atom stereocenters.